The predicted octanol–water partition coefficient (Wildman–Crippen LogP) is 6.60. The second kappa shape index (κ2) is 14.6. The highest BCUT2D eigenvalue weighted by molar-refractivity contribution is 6.03. The Morgan fingerprint density at radius 3 is 2.09 bits per heavy atom. The van der Waals surface area contributed by atoms with Gasteiger partial charge in [-0.3, -0.25) is 9.69 Å². The van der Waals surface area contributed by atoms with Gasteiger partial charge in [-0.05, 0) is 84.6 Å². The molecular formula is C38H41F2N3O4. The molecule has 2 saturated heterocycles. The smallest absolute Gasteiger partial charge is 0.233 e. The number of piperazine rings is 1. The van der Waals surface area contributed by atoms with Crippen LogP contribution in [0.1, 0.15) is 54.2 Å². The monoisotopic (exact) mass is 641 g/mol. The van der Waals surface area contributed by atoms with Gasteiger partial charge in [0.1, 0.15) is 29.7 Å². The van der Waals surface area contributed by atoms with Crippen LogP contribution >= 0.6 is 0 Å². The Morgan fingerprint density at radius 2 is 1.45 bits per heavy atom. The Kier molecular flexibility index (Phi) is 10.2. The molecule has 0 spiro atoms. The van der Waals surface area contributed by atoms with Crippen molar-refractivity contribution < 1.29 is 28.5 Å². The summed E-state index contributed by atoms with van der Waals surface area (Å²) in [6.07, 6.45) is -0.270. The number of β-lactam (4-membered cyclic amide) rings is 1. The number of benzene rings is 4. The number of nitrogens with zero attached hydrogens (tertiary/aromatic N) is 3. The maximum Gasteiger partial charge on any atom is 0.233 e. The third-order valence-corrected chi connectivity index (χ3v) is 9.39. The first kappa shape index (κ1) is 32.6. The number of aromatic hydroxyl groups is 1. The highest BCUT2D eigenvalue weighted by Crippen LogP contribution is 2.49. The maximum atomic E-state index is 13.7. The molecule has 9 heteroatoms. The van der Waals surface area contributed by atoms with Crippen molar-refractivity contribution in [2.45, 2.75) is 45.1 Å². The summed E-state index contributed by atoms with van der Waals surface area (Å²) in [7, 11) is 0. The molecular weight excluding hydrogens is 600 g/mol. The topological polar surface area (TPSA) is 76.5 Å². The van der Waals surface area contributed by atoms with Crippen LogP contribution < -0.4 is 9.64 Å². The first-order valence-corrected chi connectivity index (χ1v) is 16.3. The van der Waals surface area contributed by atoms with Crippen LogP contribution in [0.2, 0.25) is 0 Å². The van der Waals surface area contributed by atoms with Gasteiger partial charge in [-0.1, -0.05) is 43.3 Å². The molecule has 0 aliphatic carbocycles. The van der Waals surface area contributed by atoms with Crippen LogP contribution in [0.4, 0.5) is 14.5 Å². The number of rotatable bonds is 12. The number of amides is 1. The lowest BCUT2D eigenvalue weighted by atomic mass is 9.78. The molecule has 2 aliphatic heterocycles. The van der Waals surface area contributed by atoms with Gasteiger partial charge >= 0.3 is 0 Å². The van der Waals surface area contributed by atoms with Crippen LogP contribution in [0.3, 0.4) is 0 Å². The highest BCUT2D eigenvalue weighted by atomic mass is 19.1. The molecule has 1 unspecified atom stereocenters. The number of ether oxygens (including phenoxy) is 1. The van der Waals surface area contributed by atoms with Crippen LogP contribution in [0, 0.1) is 17.6 Å². The number of aliphatic hydroxyl groups is 1. The number of likely N-dealkylation sites (N-methyl/N-ethyl adjacent to an activating group) is 1. The van der Waals surface area contributed by atoms with Gasteiger partial charge in [0, 0.05) is 50.0 Å². The first-order chi connectivity index (χ1) is 22.8. The number of hydrogen-bond acceptors (Lipinski definition) is 6. The fourth-order valence-corrected chi connectivity index (χ4v) is 6.56. The van der Waals surface area contributed by atoms with Crippen molar-refractivity contribution in [2.24, 2.45) is 5.92 Å². The maximum absolute atomic E-state index is 13.7. The molecule has 0 radical (unpaired) electrons. The van der Waals surface area contributed by atoms with Gasteiger partial charge in [0.15, 0.2) is 0 Å². The minimum Gasteiger partial charge on any atom is -0.507 e. The van der Waals surface area contributed by atoms with Crippen molar-refractivity contribution in [1.29, 1.82) is 0 Å². The minimum absolute atomic E-state index is 0.0188. The summed E-state index contributed by atoms with van der Waals surface area (Å²) in [6, 6.07) is 24.3. The van der Waals surface area contributed by atoms with E-state index in [4.69, 9.17) is 4.74 Å². The van der Waals surface area contributed by atoms with Gasteiger partial charge in [0.25, 0.3) is 0 Å². The van der Waals surface area contributed by atoms with Crippen molar-refractivity contribution in [3.8, 4) is 11.5 Å². The Bertz CT molecular complexity index is 1640. The van der Waals surface area contributed by atoms with E-state index in [1.807, 2.05) is 0 Å². The molecule has 0 bridgehead atoms. The molecule has 2 fully saturated rings. The van der Waals surface area contributed by atoms with E-state index in [-0.39, 0.29) is 18.1 Å². The molecule has 0 saturated carbocycles. The predicted molar refractivity (Wildman–Crippen MR) is 177 cm³/mol. The Hall–Kier alpha value is -4.31. The van der Waals surface area contributed by atoms with Crippen molar-refractivity contribution >= 4 is 11.6 Å². The van der Waals surface area contributed by atoms with Crippen molar-refractivity contribution in [2.75, 3.05) is 37.6 Å². The van der Waals surface area contributed by atoms with Crippen LogP contribution in [-0.2, 0) is 17.9 Å². The van der Waals surface area contributed by atoms with E-state index in [0.717, 1.165) is 44.8 Å². The lowest BCUT2D eigenvalue weighted by molar-refractivity contribution is -0.131. The number of halogens is 2. The third-order valence-electron chi connectivity index (χ3n) is 9.39. The van der Waals surface area contributed by atoms with Crippen molar-refractivity contribution in [1.82, 2.24) is 9.80 Å². The molecule has 3 atom stereocenters. The number of carbonyl (C=O) groups is 1. The minimum atomic E-state index is -0.876. The summed E-state index contributed by atoms with van der Waals surface area (Å²) in [5.74, 6) is -1.04. The standard InChI is InChI=1S/C38H41F2N3O4/c1-2-41-19-21-42(22-20-41)24-26-3-5-27(6-4-26)25-47-32-15-16-33(36(45)23-32)37-34(17-18-35(44)28-7-9-29(39)10-8-28)38(46)43(37)31-13-11-30(40)12-14-31/h3-16,23,34-35,37,44-45H,2,17-22,24-25H2,1H3/t34?,35-,37+/m0/s1. The summed E-state index contributed by atoms with van der Waals surface area (Å²) in [5.41, 5.74) is 3.89. The molecule has 2 N–H and O–H groups in total. The van der Waals surface area contributed by atoms with Gasteiger partial charge in [-0.2, -0.15) is 0 Å². The number of phenolic OH excluding ortho intramolecular Hbond substituents is 1. The van der Waals surface area contributed by atoms with Crippen molar-refractivity contribution in [3.05, 3.63) is 125 Å². The molecule has 7 nitrogen and oxygen atoms in total. The highest BCUT2D eigenvalue weighted by Gasteiger charge is 2.49. The fourth-order valence-electron chi connectivity index (χ4n) is 6.56. The summed E-state index contributed by atoms with van der Waals surface area (Å²) in [5, 5.41) is 21.9. The van der Waals surface area contributed by atoms with Gasteiger partial charge in [0.05, 0.1) is 18.1 Å². The van der Waals surface area contributed by atoms with Crippen LogP contribution in [0.15, 0.2) is 91.0 Å². The molecule has 1 amide bonds. The summed E-state index contributed by atoms with van der Waals surface area (Å²) < 4.78 is 33.1. The molecule has 6 rings (SSSR count). The van der Waals surface area contributed by atoms with Gasteiger partial charge in [-0.15, -0.1) is 0 Å². The quantitative estimate of drug-likeness (QED) is 0.170. The largest absolute Gasteiger partial charge is 0.507 e. The lowest BCUT2D eigenvalue weighted by Crippen LogP contribution is -2.55. The number of hydrogen-bond donors (Lipinski definition) is 2. The average molecular weight is 642 g/mol. The molecule has 2 heterocycles. The zero-order valence-corrected chi connectivity index (χ0v) is 26.6. The Morgan fingerprint density at radius 1 is 0.830 bits per heavy atom. The molecule has 4 aromatic rings. The van der Waals surface area contributed by atoms with E-state index in [1.165, 1.54) is 54.1 Å². The summed E-state index contributed by atoms with van der Waals surface area (Å²) in [4.78, 5) is 19.9. The Balaban J connectivity index is 1.11. The van der Waals surface area contributed by atoms with Crippen molar-refractivity contribution in [3.63, 3.8) is 0 Å². The van der Waals surface area contributed by atoms with Gasteiger partial charge < -0.3 is 24.7 Å². The van der Waals surface area contributed by atoms with E-state index >= 15 is 0 Å². The van der Waals surface area contributed by atoms with Crippen LogP contribution in [0.25, 0.3) is 0 Å². The number of aliphatic hydroxyl groups excluding tert-OH is 1. The van der Waals surface area contributed by atoms with Gasteiger partial charge in [0.2, 0.25) is 5.91 Å². The molecule has 2 aliphatic rings. The zero-order valence-electron chi connectivity index (χ0n) is 26.6. The number of carbonyl (C=O) groups excluding carboxylic acids is 1. The van der Waals surface area contributed by atoms with Gasteiger partial charge in [-0.25, -0.2) is 8.78 Å². The Labute approximate surface area is 274 Å². The molecule has 47 heavy (non-hydrogen) atoms. The van der Waals surface area contributed by atoms with Crippen LogP contribution in [-0.4, -0.2) is 58.6 Å². The third kappa shape index (κ3) is 7.64. The average Bonchev–Trinajstić information content (AvgIpc) is 3.08. The van der Waals surface area contributed by atoms with E-state index in [9.17, 15) is 23.8 Å². The second-order valence-electron chi connectivity index (χ2n) is 12.4. The molecule has 4 aromatic carbocycles. The van der Waals surface area contributed by atoms with E-state index in [2.05, 4.69) is 41.0 Å². The lowest BCUT2D eigenvalue weighted by Gasteiger charge is -2.48. The molecule has 0 aromatic heterocycles. The fraction of sp³-hybridized carbons (Fsp3) is 0.342. The molecule has 246 valence electrons. The number of phenols is 1. The zero-order chi connectivity index (χ0) is 32.9. The first-order valence-electron chi connectivity index (χ1n) is 16.3. The van der Waals surface area contributed by atoms with E-state index < -0.39 is 29.7 Å². The van der Waals surface area contributed by atoms with Crippen LogP contribution in [0.5, 0.6) is 11.5 Å². The second-order valence-corrected chi connectivity index (χ2v) is 12.4. The normalized spacial score (nSPS) is 19.4. The summed E-state index contributed by atoms with van der Waals surface area (Å²) >= 11 is 0. The number of anilines is 1. The van der Waals surface area contributed by atoms with E-state index in [1.54, 1.807) is 23.1 Å². The summed E-state index contributed by atoms with van der Waals surface area (Å²) in [6.45, 7) is 8.94. The van der Waals surface area contributed by atoms with E-state index in [0.29, 0.717) is 35.6 Å². The SMILES string of the molecule is CCN1CCN(Cc2ccc(COc3ccc([C@@H]4C(CC[C@H](O)c5ccc(F)cc5)C(=O)N4c4ccc(F)cc4)c(O)c3)cc2)CC1.